The van der Waals surface area contributed by atoms with Gasteiger partial charge in [0.1, 0.15) is 5.76 Å². The minimum absolute atomic E-state index is 0. The van der Waals surface area contributed by atoms with Crippen LogP contribution in [0.5, 0.6) is 0 Å². The first kappa shape index (κ1) is 23.2. The Labute approximate surface area is 175 Å². The maximum Gasteiger partial charge on any atom is 0.191 e. The summed E-state index contributed by atoms with van der Waals surface area (Å²) < 4.78 is 5.22. The van der Waals surface area contributed by atoms with Crippen LogP contribution in [0.15, 0.2) is 9.52 Å². The summed E-state index contributed by atoms with van der Waals surface area (Å²) in [6.07, 6.45) is 6.09. The molecule has 0 aliphatic carbocycles. The molecule has 0 aromatic carbocycles. The topological polar surface area (TPSA) is 65.7 Å². The van der Waals surface area contributed by atoms with Crippen molar-refractivity contribution in [1.82, 2.24) is 20.7 Å². The number of aliphatic imine (C=N–C) groups is 1. The van der Waals surface area contributed by atoms with Crippen molar-refractivity contribution in [2.75, 3.05) is 32.7 Å². The highest BCUT2D eigenvalue weighted by Crippen LogP contribution is 2.16. The van der Waals surface area contributed by atoms with Crippen LogP contribution in [0.3, 0.4) is 0 Å². The molecule has 0 radical (unpaired) electrons. The molecule has 0 spiro atoms. The third-order valence-corrected chi connectivity index (χ3v) is 5.01. The Kier molecular flexibility index (Phi) is 11.2. The molecule has 0 saturated carbocycles. The maximum absolute atomic E-state index is 5.22. The van der Waals surface area contributed by atoms with E-state index in [9.17, 15) is 0 Å². The monoisotopic (exact) mass is 477 g/mol. The molecule has 1 fully saturated rings. The van der Waals surface area contributed by atoms with Crippen molar-refractivity contribution in [2.45, 2.75) is 65.8 Å². The van der Waals surface area contributed by atoms with E-state index in [4.69, 9.17) is 9.52 Å². The lowest BCUT2D eigenvalue weighted by Gasteiger charge is -2.33. The van der Waals surface area contributed by atoms with Gasteiger partial charge in [-0.3, -0.25) is 4.99 Å². The van der Waals surface area contributed by atoms with E-state index < -0.39 is 0 Å². The van der Waals surface area contributed by atoms with Gasteiger partial charge in [-0.25, -0.2) is 0 Å². The van der Waals surface area contributed by atoms with Gasteiger partial charge in [-0.2, -0.15) is 0 Å². The second-order valence-corrected chi connectivity index (χ2v) is 6.97. The van der Waals surface area contributed by atoms with Gasteiger partial charge in [0, 0.05) is 37.8 Å². The number of nitrogens with zero attached hydrogens (tertiary/aromatic N) is 3. The fourth-order valence-corrected chi connectivity index (χ4v) is 3.46. The summed E-state index contributed by atoms with van der Waals surface area (Å²) in [5, 5.41) is 10.7. The first-order valence-electron chi connectivity index (χ1n) is 9.79. The fraction of sp³-hybridized carbons (Fsp3) is 0.789. The SMILES string of the molecule is CCNC(=NCCCN1CCCCC1C)NCCc1c(C)noc1C.I. The van der Waals surface area contributed by atoms with Crippen molar-refractivity contribution in [3.8, 4) is 0 Å². The first-order valence-corrected chi connectivity index (χ1v) is 9.79. The minimum Gasteiger partial charge on any atom is -0.361 e. The Balaban J connectivity index is 0.00000338. The van der Waals surface area contributed by atoms with Crippen LogP contribution in [-0.2, 0) is 6.42 Å². The standard InChI is InChI=1S/C19H35N5O.HI/c1-5-20-19(22-12-10-18-16(3)23-25-17(18)4)21-11-8-14-24-13-7-6-9-15(24)2;/h15H,5-14H2,1-4H3,(H2,20,21,22);1H. The summed E-state index contributed by atoms with van der Waals surface area (Å²) in [6, 6.07) is 0.735. The van der Waals surface area contributed by atoms with E-state index in [2.05, 4.69) is 34.5 Å². The van der Waals surface area contributed by atoms with Gasteiger partial charge < -0.3 is 20.1 Å². The van der Waals surface area contributed by atoms with Crippen molar-refractivity contribution < 1.29 is 4.52 Å². The smallest absolute Gasteiger partial charge is 0.191 e. The van der Waals surface area contributed by atoms with Gasteiger partial charge in [-0.05, 0) is 59.9 Å². The largest absolute Gasteiger partial charge is 0.361 e. The number of nitrogens with one attached hydrogen (secondary N) is 2. The van der Waals surface area contributed by atoms with Crippen molar-refractivity contribution in [3.05, 3.63) is 17.0 Å². The van der Waals surface area contributed by atoms with Gasteiger partial charge in [0.25, 0.3) is 0 Å². The molecular formula is C19H36IN5O. The lowest BCUT2D eigenvalue weighted by molar-refractivity contribution is 0.160. The van der Waals surface area contributed by atoms with Crippen LogP contribution in [0.2, 0.25) is 0 Å². The Hall–Kier alpha value is -0.830. The summed E-state index contributed by atoms with van der Waals surface area (Å²) in [5.74, 6) is 1.82. The highest BCUT2D eigenvalue weighted by atomic mass is 127. The van der Waals surface area contributed by atoms with Crippen molar-refractivity contribution in [1.29, 1.82) is 0 Å². The lowest BCUT2D eigenvalue weighted by atomic mass is 10.0. The second-order valence-electron chi connectivity index (χ2n) is 6.97. The number of likely N-dealkylation sites (tertiary alicyclic amines) is 1. The van der Waals surface area contributed by atoms with Crippen LogP contribution in [0.25, 0.3) is 0 Å². The summed E-state index contributed by atoms with van der Waals surface area (Å²) in [7, 11) is 0. The van der Waals surface area contributed by atoms with Gasteiger partial charge in [-0.15, -0.1) is 24.0 Å². The molecule has 2 N–H and O–H groups in total. The van der Waals surface area contributed by atoms with E-state index in [0.29, 0.717) is 0 Å². The molecule has 1 unspecified atom stereocenters. The number of rotatable bonds is 8. The van der Waals surface area contributed by atoms with Crippen molar-refractivity contribution >= 4 is 29.9 Å². The molecule has 1 aliphatic heterocycles. The number of aryl methyl sites for hydroxylation is 2. The zero-order chi connectivity index (χ0) is 18.1. The predicted molar refractivity (Wildman–Crippen MR) is 119 cm³/mol. The average Bonchev–Trinajstić information content (AvgIpc) is 2.92. The Bertz CT molecular complexity index is 527. The molecule has 6 nitrogen and oxygen atoms in total. The zero-order valence-electron chi connectivity index (χ0n) is 16.8. The van der Waals surface area contributed by atoms with Gasteiger partial charge in [-0.1, -0.05) is 11.6 Å². The van der Waals surface area contributed by atoms with E-state index in [-0.39, 0.29) is 24.0 Å². The van der Waals surface area contributed by atoms with E-state index in [0.717, 1.165) is 62.5 Å². The lowest BCUT2D eigenvalue weighted by Crippen LogP contribution is -2.39. The second kappa shape index (κ2) is 12.5. The number of halogens is 1. The number of aromatic nitrogens is 1. The molecule has 1 aromatic heterocycles. The molecule has 0 bridgehead atoms. The van der Waals surface area contributed by atoms with Crippen molar-refractivity contribution in [2.24, 2.45) is 4.99 Å². The Morgan fingerprint density at radius 1 is 1.31 bits per heavy atom. The van der Waals surface area contributed by atoms with Gasteiger partial charge in [0.2, 0.25) is 0 Å². The van der Waals surface area contributed by atoms with Crippen LogP contribution < -0.4 is 10.6 Å². The summed E-state index contributed by atoms with van der Waals surface area (Å²) in [5.41, 5.74) is 2.18. The minimum atomic E-state index is 0. The first-order chi connectivity index (χ1) is 12.1. The molecule has 1 aliphatic rings. The van der Waals surface area contributed by atoms with Crippen LogP contribution >= 0.6 is 24.0 Å². The molecule has 2 rings (SSSR count). The van der Waals surface area contributed by atoms with Crippen LogP contribution in [0, 0.1) is 13.8 Å². The Morgan fingerprint density at radius 2 is 2.12 bits per heavy atom. The third kappa shape index (κ3) is 7.42. The molecule has 150 valence electrons. The zero-order valence-corrected chi connectivity index (χ0v) is 19.1. The predicted octanol–water partition coefficient (Wildman–Crippen LogP) is 3.27. The number of guanidine groups is 1. The molecule has 1 saturated heterocycles. The molecule has 2 heterocycles. The van der Waals surface area contributed by atoms with E-state index in [1.165, 1.54) is 31.4 Å². The molecular weight excluding hydrogens is 441 g/mol. The number of piperidine rings is 1. The van der Waals surface area contributed by atoms with Crippen LogP contribution in [0.1, 0.15) is 56.5 Å². The normalized spacial score (nSPS) is 18.5. The fourth-order valence-electron chi connectivity index (χ4n) is 3.46. The van der Waals surface area contributed by atoms with E-state index >= 15 is 0 Å². The molecule has 0 amide bonds. The van der Waals surface area contributed by atoms with Crippen molar-refractivity contribution in [3.63, 3.8) is 0 Å². The summed E-state index contributed by atoms with van der Waals surface area (Å²) in [6.45, 7) is 13.4. The third-order valence-electron chi connectivity index (χ3n) is 5.01. The van der Waals surface area contributed by atoms with Gasteiger partial charge in [0.05, 0.1) is 5.69 Å². The number of hydrogen-bond donors (Lipinski definition) is 2. The van der Waals surface area contributed by atoms with Gasteiger partial charge in [0.15, 0.2) is 5.96 Å². The van der Waals surface area contributed by atoms with E-state index in [1.807, 2.05) is 13.8 Å². The van der Waals surface area contributed by atoms with Crippen LogP contribution in [0.4, 0.5) is 0 Å². The summed E-state index contributed by atoms with van der Waals surface area (Å²) >= 11 is 0. The molecule has 1 aromatic rings. The molecule has 1 atom stereocenters. The highest BCUT2D eigenvalue weighted by molar-refractivity contribution is 14.0. The quantitative estimate of drug-likeness (QED) is 0.261. The number of hydrogen-bond acceptors (Lipinski definition) is 4. The summed E-state index contributed by atoms with van der Waals surface area (Å²) in [4.78, 5) is 7.32. The average molecular weight is 477 g/mol. The maximum atomic E-state index is 5.22. The molecule has 26 heavy (non-hydrogen) atoms. The molecule has 7 heteroatoms. The van der Waals surface area contributed by atoms with Crippen LogP contribution in [-0.4, -0.2) is 54.8 Å². The van der Waals surface area contributed by atoms with Gasteiger partial charge >= 0.3 is 0 Å². The Morgan fingerprint density at radius 3 is 2.77 bits per heavy atom. The van der Waals surface area contributed by atoms with E-state index in [1.54, 1.807) is 0 Å². The highest BCUT2D eigenvalue weighted by Gasteiger charge is 2.17.